The normalized spacial score (nSPS) is 33.1. The molecule has 10 heavy (non-hydrogen) atoms. The molecule has 0 heterocycles. The maximum absolute atomic E-state index is 9.21. The van der Waals surface area contributed by atoms with Crippen molar-refractivity contribution in [3.8, 4) is 0 Å². The zero-order chi connectivity index (χ0) is 7.78. The Labute approximate surface area is 59.5 Å². The Balaban J connectivity index is 2.85. The highest BCUT2D eigenvalue weighted by Gasteiger charge is 2.22. The van der Waals surface area contributed by atoms with Crippen LogP contribution in [-0.4, -0.2) is 15.9 Å². The van der Waals surface area contributed by atoms with Crippen molar-refractivity contribution in [3.63, 3.8) is 0 Å². The highest BCUT2D eigenvalue weighted by Crippen LogP contribution is 2.20. The second-order valence-corrected chi connectivity index (χ2v) is 2.67. The van der Waals surface area contributed by atoms with E-state index < -0.39 is 5.72 Å². The average molecular weight is 141 g/mol. The van der Waals surface area contributed by atoms with Crippen LogP contribution in [0.5, 0.6) is 0 Å². The fourth-order valence-electron chi connectivity index (χ4n) is 0.940. The fourth-order valence-corrected chi connectivity index (χ4v) is 0.940. The van der Waals surface area contributed by atoms with E-state index in [2.05, 4.69) is 0 Å². The predicted molar refractivity (Wildman–Crippen MR) is 38.2 cm³/mol. The van der Waals surface area contributed by atoms with Gasteiger partial charge in [-0.05, 0) is 24.6 Å². The van der Waals surface area contributed by atoms with Gasteiger partial charge < -0.3 is 15.9 Å². The lowest BCUT2D eigenvalue weighted by molar-refractivity contribution is 0.0946. The SMILES string of the molecule is CC1=C(O)C=CC(N)(O)C1. The third-order valence-corrected chi connectivity index (χ3v) is 1.52. The zero-order valence-corrected chi connectivity index (χ0v) is 5.83. The molecule has 1 rings (SSSR count). The van der Waals surface area contributed by atoms with Crippen LogP contribution in [0, 0.1) is 0 Å². The standard InChI is InChI=1S/C7H11NO2/c1-5-4-7(8,10)3-2-6(5)9/h2-3,9-10H,4,8H2,1H3. The molecule has 0 saturated carbocycles. The lowest BCUT2D eigenvalue weighted by Gasteiger charge is -2.22. The van der Waals surface area contributed by atoms with Crippen LogP contribution in [0.25, 0.3) is 0 Å². The Morgan fingerprint density at radius 1 is 1.70 bits per heavy atom. The van der Waals surface area contributed by atoms with Crippen LogP contribution in [0.15, 0.2) is 23.5 Å². The maximum Gasteiger partial charge on any atom is 0.136 e. The molecule has 0 spiro atoms. The molecule has 1 atom stereocenters. The lowest BCUT2D eigenvalue weighted by Crippen LogP contribution is -2.38. The molecule has 0 radical (unpaired) electrons. The van der Waals surface area contributed by atoms with Gasteiger partial charge in [-0.2, -0.15) is 0 Å². The van der Waals surface area contributed by atoms with E-state index in [9.17, 15) is 5.11 Å². The molecule has 0 amide bonds. The van der Waals surface area contributed by atoms with Crippen LogP contribution in [0.1, 0.15) is 13.3 Å². The van der Waals surface area contributed by atoms with Crippen LogP contribution in [0.4, 0.5) is 0 Å². The summed E-state index contributed by atoms with van der Waals surface area (Å²) in [5, 5.41) is 18.2. The molecule has 0 bridgehead atoms. The quantitative estimate of drug-likeness (QED) is 0.428. The molecule has 0 aromatic heterocycles. The van der Waals surface area contributed by atoms with Gasteiger partial charge in [-0.25, -0.2) is 0 Å². The molecule has 0 aliphatic heterocycles. The minimum atomic E-state index is -1.27. The molecule has 4 N–H and O–H groups in total. The van der Waals surface area contributed by atoms with Crippen molar-refractivity contribution >= 4 is 0 Å². The number of rotatable bonds is 0. The highest BCUT2D eigenvalue weighted by molar-refractivity contribution is 5.27. The zero-order valence-electron chi connectivity index (χ0n) is 5.83. The van der Waals surface area contributed by atoms with Gasteiger partial charge >= 0.3 is 0 Å². The molecule has 0 fully saturated rings. The van der Waals surface area contributed by atoms with Gasteiger partial charge in [0.1, 0.15) is 11.5 Å². The Hall–Kier alpha value is -0.800. The summed E-state index contributed by atoms with van der Waals surface area (Å²) >= 11 is 0. The molecule has 3 nitrogen and oxygen atoms in total. The maximum atomic E-state index is 9.21. The molecule has 0 aromatic carbocycles. The van der Waals surface area contributed by atoms with Gasteiger partial charge in [-0.1, -0.05) is 0 Å². The van der Waals surface area contributed by atoms with Gasteiger partial charge in [-0.15, -0.1) is 0 Å². The molecular formula is C7H11NO2. The number of aliphatic hydroxyl groups is 2. The topological polar surface area (TPSA) is 66.5 Å². The van der Waals surface area contributed by atoms with E-state index in [1.165, 1.54) is 12.2 Å². The van der Waals surface area contributed by atoms with Crippen molar-refractivity contribution < 1.29 is 10.2 Å². The first-order chi connectivity index (χ1) is 4.51. The molecule has 0 saturated heterocycles. The summed E-state index contributed by atoms with van der Waals surface area (Å²) in [4.78, 5) is 0. The van der Waals surface area contributed by atoms with Crippen LogP contribution in [0.3, 0.4) is 0 Å². The van der Waals surface area contributed by atoms with E-state index in [0.29, 0.717) is 12.0 Å². The van der Waals surface area contributed by atoms with E-state index in [0.717, 1.165) is 0 Å². The van der Waals surface area contributed by atoms with Crippen LogP contribution < -0.4 is 5.73 Å². The Bertz CT molecular complexity index is 204. The first-order valence-corrected chi connectivity index (χ1v) is 3.10. The van der Waals surface area contributed by atoms with Gasteiger partial charge in [0.05, 0.1) is 0 Å². The van der Waals surface area contributed by atoms with Crippen LogP contribution >= 0.6 is 0 Å². The number of nitrogens with two attached hydrogens (primary N) is 1. The second kappa shape index (κ2) is 2.11. The average Bonchev–Trinajstić information content (AvgIpc) is 1.79. The van der Waals surface area contributed by atoms with Crippen LogP contribution in [-0.2, 0) is 0 Å². The number of hydrogen-bond donors (Lipinski definition) is 3. The summed E-state index contributed by atoms with van der Waals surface area (Å²) in [6, 6.07) is 0. The lowest BCUT2D eigenvalue weighted by atomic mass is 9.98. The van der Waals surface area contributed by atoms with E-state index >= 15 is 0 Å². The largest absolute Gasteiger partial charge is 0.508 e. The van der Waals surface area contributed by atoms with Gasteiger partial charge in [0.2, 0.25) is 0 Å². The summed E-state index contributed by atoms with van der Waals surface area (Å²) in [5.41, 5.74) is 4.80. The van der Waals surface area contributed by atoms with Crippen molar-refractivity contribution in [2.45, 2.75) is 19.1 Å². The Morgan fingerprint density at radius 3 is 2.70 bits per heavy atom. The molecule has 0 aromatic rings. The Morgan fingerprint density at radius 2 is 2.30 bits per heavy atom. The van der Waals surface area contributed by atoms with Crippen molar-refractivity contribution in [1.82, 2.24) is 0 Å². The van der Waals surface area contributed by atoms with E-state index in [1.807, 2.05) is 0 Å². The molecule has 1 aliphatic carbocycles. The van der Waals surface area contributed by atoms with Gasteiger partial charge in [0.15, 0.2) is 0 Å². The second-order valence-electron chi connectivity index (χ2n) is 2.67. The van der Waals surface area contributed by atoms with E-state index in [-0.39, 0.29) is 5.76 Å². The van der Waals surface area contributed by atoms with Crippen molar-refractivity contribution in [2.75, 3.05) is 0 Å². The van der Waals surface area contributed by atoms with Gasteiger partial charge in [0.25, 0.3) is 0 Å². The summed E-state index contributed by atoms with van der Waals surface area (Å²) in [6.07, 6.45) is 3.10. The number of hydrogen-bond acceptors (Lipinski definition) is 3. The summed E-state index contributed by atoms with van der Waals surface area (Å²) in [7, 11) is 0. The highest BCUT2D eigenvalue weighted by atomic mass is 16.3. The van der Waals surface area contributed by atoms with E-state index in [1.54, 1.807) is 6.92 Å². The third kappa shape index (κ3) is 1.37. The summed E-state index contributed by atoms with van der Waals surface area (Å²) in [6.45, 7) is 1.73. The first-order valence-electron chi connectivity index (χ1n) is 3.10. The van der Waals surface area contributed by atoms with Gasteiger partial charge in [-0.3, -0.25) is 0 Å². The fraction of sp³-hybridized carbons (Fsp3) is 0.429. The number of aliphatic hydroxyl groups excluding tert-OH is 1. The molecule has 3 heteroatoms. The molecule has 1 aliphatic rings. The molecule has 1 unspecified atom stereocenters. The van der Waals surface area contributed by atoms with Crippen LogP contribution in [0.2, 0.25) is 0 Å². The summed E-state index contributed by atoms with van der Waals surface area (Å²) < 4.78 is 0. The molecule has 56 valence electrons. The minimum Gasteiger partial charge on any atom is -0.508 e. The third-order valence-electron chi connectivity index (χ3n) is 1.52. The van der Waals surface area contributed by atoms with Crippen molar-refractivity contribution in [3.05, 3.63) is 23.5 Å². The Kier molecular flexibility index (Phi) is 1.54. The monoisotopic (exact) mass is 141 g/mol. The van der Waals surface area contributed by atoms with Crippen molar-refractivity contribution in [1.29, 1.82) is 0 Å². The first kappa shape index (κ1) is 7.31. The molecular weight excluding hydrogens is 130 g/mol. The van der Waals surface area contributed by atoms with Crippen molar-refractivity contribution in [2.24, 2.45) is 5.73 Å². The minimum absolute atomic E-state index is 0.204. The van der Waals surface area contributed by atoms with Gasteiger partial charge in [0, 0.05) is 6.42 Å². The summed E-state index contributed by atoms with van der Waals surface area (Å²) in [5.74, 6) is 0.204. The predicted octanol–water partition coefficient (Wildman–Crippen LogP) is 0.426. The van der Waals surface area contributed by atoms with E-state index in [4.69, 9.17) is 10.8 Å². The smallest absolute Gasteiger partial charge is 0.136 e. The number of allylic oxidation sites excluding steroid dienone is 1.